The summed E-state index contributed by atoms with van der Waals surface area (Å²) in [5.41, 5.74) is -0.301. The normalized spacial score (nSPS) is 10.4. The Morgan fingerprint density at radius 2 is 1.52 bits per heavy atom. The SMILES string of the molecule is CCCCC(C)(C)C(=O)OC.CCCCCC(=O)OCC. The van der Waals surface area contributed by atoms with Gasteiger partial charge in [0.25, 0.3) is 0 Å². The third-order valence-electron chi connectivity index (χ3n) is 3.18. The Morgan fingerprint density at radius 1 is 0.952 bits per heavy atom. The van der Waals surface area contributed by atoms with E-state index in [4.69, 9.17) is 4.74 Å². The summed E-state index contributed by atoms with van der Waals surface area (Å²) in [6, 6.07) is 0. The maximum Gasteiger partial charge on any atom is 0.311 e. The van der Waals surface area contributed by atoms with Crippen LogP contribution in [-0.4, -0.2) is 25.7 Å². The molecule has 4 heteroatoms. The Labute approximate surface area is 130 Å². The molecule has 0 spiro atoms. The van der Waals surface area contributed by atoms with Crippen molar-refractivity contribution in [2.24, 2.45) is 5.41 Å². The summed E-state index contributed by atoms with van der Waals surface area (Å²) in [4.78, 5) is 21.8. The average Bonchev–Trinajstić information content (AvgIpc) is 2.45. The number of carbonyl (C=O) groups excluding carboxylic acids is 2. The Morgan fingerprint density at radius 3 is 1.95 bits per heavy atom. The topological polar surface area (TPSA) is 52.6 Å². The molecule has 0 saturated heterocycles. The summed E-state index contributed by atoms with van der Waals surface area (Å²) in [5.74, 6) is -0.165. The molecule has 4 nitrogen and oxygen atoms in total. The van der Waals surface area contributed by atoms with E-state index in [0.29, 0.717) is 13.0 Å². The van der Waals surface area contributed by atoms with Crippen LogP contribution in [0, 0.1) is 5.41 Å². The number of ether oxygens (including phenoxy) is 2. The van der Waals surface area contributed by atoms with Gasteiger partial charge >= 0.3 is 11.9 Å². The lowest BCUT2D eigenvalue weighted by atomic mass is 9.87. The average molecular weight is 302 g/mol. The van der Waals surface area contributed by atoms with Crippen LogP contribution in [0.1, 0.15) is 79.6 Å². The van der Waals surface area contributed by atoms with E-state index in [1.54, 1.807) is 0 Å². The Kier molecular flexibility index (Phi) is 14.7. The third kappa shape index (κ3) is 13.7. The van der Waals surface area contributed by atoms with Gasteiger partial charge in [0.1, 0.15) is 0 Å². The highest BCUT2D eigenvalue weighted by Crippen LogP contribution is 2.24. The Hall–Kier alpha value is -1.06. The monoisotopic (exact) mass is 302 g/mol. The van der Waals surface area contributed by atoms with Crippen molar-refractivity contribution < 1.29 is 19.1 Å². The maximum atomic E-state index is 11.1. The highest BCUT2D eigenvalue weighted by molar-refractivity contribution is 5.75. The van der Waals surface area contributed by atoms with Crippen molar-refractivity contribution in [2.75, 3.05) is 13.7 Å². The number of esters is 2. The van der Waals surface area contributed by atoms with Crippen molar-refractivity contribution >= 4 is 11.9 Å². The molecule has 0 saturated carbocycles. The molecule has 0 atom stereocenters. The van der Waals surface area contributed by atoms with Gasteiger partial charge in [0.2, 0.25) is 0 Å². The predicted octanol–water partition coefficient (Wildman–Crippen LogP) is 4.51. The first kappa shape index (κ1) is 22.2. The Balaban J connectivity index is 0. The molecule has 0 radical (unpaired) electrons. The summed E-state index contributed by atoms with van der Waals surface area (Å²) in [5, 5.41) is 0. The van der Waals surface area contributed by atoms with Gasteiger partial charge < -0.3 is 9.47 Å². The van der Waals surface area contributed by atoms with Crippen molar-refractivity contribution in [3.05, 3.63) is 0 Å². The van der Waals surface area contributed by atoms with Crippen molar-refractivity contribution in [2.45, 2.75) is 79.6 Å². The minimum atomic E-state index is -0.301. The second-order valence-corrected chi connectivity index (χ2v) is 5.74. The minimum Gasteiger partial charge on any atom is -0.469 e. The van der Waals surface area contributed by atoms with Crippen LogP contribution in [0.5, 0.6) is 0 Å². The molecule has 0 aromatic heterocycles. The fourth-order valence-corrected chi connectivity index (χ4v) is 1.75. The quantitative estimate of drug-likeness (QED) is 0.464. The molecule has 0 rings (SSSR count). The number of unbranched alkanes of at least 4 members (excludes halogenated alkanes) is 3. The third-order valence-corrected chi connectivity index (χ3v) is 3.18. The largest absolute Gasteiger partial charge is 0.469 e. The summed E-state index contributed by atoms with van der Waals surface area (Å²) in [6.45, 7) is 10.4. The summed E-state index contributed by atoms with van der Waals surface area (Å²) < 4.78 is 9.42. The van der Waals surface area contributed by atoms with E-state index in [-0.39, 0.29) is 17.4 Å². The number of hydrogen-bond acceptors (Lipinski definition) is 4. The molecule has 0 N–H and O–H groups in total. The van der Waals surface area contributed by atoms with Crippen LogP contribution in [-0.2, 0) is 19.1 Å². The molecule has 126 valence electrons. The standard InChI is InChI=1S/C9H18O2.C8H16O2/c1-5-6-7-9(2,3)8(10)11-4;1-3-5-6-7-8(9)10-4-2/h5-7H2,1-4H3;3-7H2,1-2H3. The van der Waals surface area contributed by atoms with Gasteiger partial charge in [-0.1, -0.05) is 39.5 Å². The van der Waals surface area contributed by atoms with Crippen molar-refractivity contribution in [3.63, 3.8) is 0 Å². The minimum absolute atomic E-state index is 0.0593. The zero-order valence-electron chi connectivity index (χ0n) is 14.8. The van der Waals surface area contributed by atoms with Crippen LogP contribution < -0.4 is 0 Å². The molecule has 21 heavy (non-hydrogen) atoms. The maximum absolute atomic E-state index is 11.1. The lowest BCUT2D eigenvalue weighted by Crippen LogP contribution is -2.25. The van der Waals surface area contributed by atoms with Gasteiger partial charge in [0.05, 0.1) is 19.1 Å². The van der Waals surface area contributed by atoms with Gasteiger partial charge in [0.15, 0.2) is 0 Å². The second-order valence-electron chi connectivity index (χ2n) is 5.74. The van der Waals surface area contributed by atoms with E-state index in [2.05, 4.69) is 18.6 Å². The van der Waals surface area contributed by atoms with E-state index in [1.807, 2.05) is 20.8 Å². The van der Waals surface area contributed by atoms with Gasteiger partial charge in [-0.15, -0.1) is 0 Å². The van der Waals surface area contributed by atoms with Crippen molar-refractivity contribution in [1.29, 1.82) is 0 Å². The molecule has 0 fully saturated rings. The van der Waals surface area contributed by atoms with Crippen LogP contribution in [0.25, 0.3) is 0 Å². The van der Waals surface area contributed by atoms with Gasteiger partial charge in [-0.2, -0.15) is 0 Å². The van der Waals surface area contributed by atoms with Gasteiger partial charge in [-0.3, -0.25) is 9.59 Å². The molecule has 0 aromatic rings. The first-order valence-corrected chi connectivity index (χ1v) is 8.09. The molecule has 0 aliphatic heterocycles. The zero-order chi connectivity index (χ0) is 16.7. The summed E-state index contributed by atoms with van der Waals surface area (Å²) >= 11 is 0. The van der Waals surface area contributed by atoms with E-state index in [0.717, 1.165) is 38.5 Å². The lowest BCUT2D eigenvalue weighted by Gasteiger charge is -2.20. The van der Waals surface area contributed by atoms with Crippen LogP contribution in [0.4, 0.5) is 0 Å². The molecule has 0 aromatic carbocycles. The van der Waals surface area contributed by atoms with Crippen molar-refractivity contribution in [3.8, 4) is 0 Å². The van der Waals surface area contributed by atoms with Gasteiger partial charge in [-0.25, -0.2) is 0 Å². The number of carbonyl (C=O) groups is 2. The smallest absolute Gasteiger partial charge is 0.311 e. The van der Waals surface area contributed by atoms with Crippen LogP contribution in [0.2, 0.25) is 0 Å². The highest BCUT2D eigenvalue weighted by atomic mass is 16.5. The fraction of sp³-hybridized carbons (Fsp3) is 0.882. The second kappa shape index (κ2) is 13.9. The molecule has 0 unspecified atom stereocenters. The predicted molar refractivity (Wildman–Crippen MR) is 86.1 cm³/mol. The fourth-order valence-electron chi connectivity index (χ4n) is 1.75. The molecule has 0 bridgehead atoms. The van der Waals surface area contributed by atoms with Crippen LogP contribution in [0.3, 0.4) is 0 Å². The van der Waals surface area contributed by atoms with Crippen LogP contribution >= 0.6 is 0 Å². The van der Waals surface area contributed by atoms with Gasteiger partial charge in [-0.05, 0) is 33.6 Å². The first-order chi connectivity index (χ1) is 9.85. The molecule has 0 amide bonds. The summed E-state index contributed by atoms with van der Waals surface area (Å²) in [7, 11) is 1.44. The number of hydrogen-bond donors (Lipinski definition) is 0. The molecule has 0 aliphatic rings. The zero-order valence-corrected chi connectivity index (χ0v) is 14.8. The molecular formula is C17H34O4. The van der Waals surface area contributed by atoms with E-state index in [1.165, 1.54) is 7.11 Å². The molecular weight excluding hydrogens is 268 g/mol. The van der Waals surface area contributed by atoms with Gasteiger partial charge in [0, 0.05) is 6.42 Å². The van der Waals surface area contributed by atoms with E-state index >= 15 is 0 Å². The molecule has 0 heterocycles. The highest BCUT2D eigenvalue weighted by Gasteiger charge is 2.27. The lowest BCUT2D eigenvalue weighted by molar-refractivity contribution is -0.151. The van der Waals surface area contributed by atoms with E-state index < -0.39 is 0 Å². The Bertz CT molecular complexity index is 272. The molecule has 0 aliphatic carbocycles. The van der Waals surface area contributed by atoms with Crippen molar-refractivity contribution in [1.82, 2.24) is 0 Å². The van der Waals surface area contributed by atoms with Crippen LogP contribution in [0.15, 0.2) is 0 Å². The summed E-state index contributed by atoms with van der Waals surface area (Å²) in [6.07, 6.45) is 6.95. The number of rotatable bonds is 9. The first-order valence-electron chi connectivity index (χ1n) is 8.09. The van der Waals surface area contributed by atoms with E-state index in [9.17, 15) is 9.59 Å². The number of methoxy groups -OCH3 is 1.